The molecule has 0 heterocycles. The van der Waals surface area contributed by atoms with Gasteiger partial charge in [0.25, 0.3) is 0 Å². The van der Waals surface area contributed by atoms with E-state index in [1.165, 1.54) is 14.0 Å². The van der Waals surface area contributed by atoms with Crippen LogP contribution in [0.5, 0.6) is 0 Å². The van der Waals surface area contributed by atoms with Crippen LogP contribution < -0.4 is 10.5 Å². The van der Waals surface area contributed by atoms with Gasteiger partial charge in [-0.05, 0) is 0 Å². The maximum atomic E-state index is 10.6. The summed E-state index contributed by atoms with van der Waals surface area (Å²) in [6, 6.07) is 0. The lowest BCUT2D eigenvalue weighted by Crippen LogP contribution is -2.40. The molecule has 0 saturated heterocycles. The average Bonchev–Trinajstić information content (AvgIpc) is 2.47. The third-order valence-corrected chi connectivity index (χ3v) is 0.994. The molecule has 0 fully saturated rings. The van der Waals surface area contributed by atoms with Crippen molar-refractivity contribution in [1.82, 2.24) is 10.5 Å². The predicted octanol–water partition coefficient (Wildman–Crippen LogP) is -2.89. The van der Waals surface area contributed by atoms with E-state index in [9.17, 15) is 9.59 Å². The highest BCUT2D eigenvalue weighted by Gasteiger charge is 2.01. The van der Waals surface area contributed by atoms with Gasteiger partial charge in [-0.15, -0.1) is 0 Å². The Hall–Kier alpha value is -2.49. The Labute approximate surface area is 127 Å². The summed E-state index contributed by atoms with van der Waals surface area (Å²) >= 11 is 0. The molecule has 120 valence electrons. The zero-order valence-corrected chi connectivity index (χ0v) is 11.8. The Balaban J connectivity index is -0.000000305. The smallest absolute Gasteiger partial charge is 0.423 e. The molecule has 22 heavy (non-hydrogen) atoms. The van der Waals surface area contributed by atoms with Crippen molar-refractivity contribution in [3.63, 3.8) is 0 Å². The molecule has 0 aromatic heterocycles. The predicted molar refractivity (Wildman–Crippen MR) is 72.4 cm³/mol. The van der Waals surface area contributed by atoms with Gasteiger partial charge in [-0.3, -0.25) is 4.79 Å². The van der Waals surface area contributed by atoms with Gasteiger partial charge in [0.05, 0.1) is 0 Å². The minimum absolute atomic E-state index is 0.125. The number of hydrogen-bond acceptors (Lipinski definition) is 10. The van der Waals surface area contributed by atoms with E-state index in [4.69, 9.17) is 19.8 Å². The van der Waals surface area contributed by atoms with Crippen molar-refractivity contribution < 1.29 is 38.9 Å². The van der Waals surface area contributed by atoms with Gasteiger partial charge < -0.3 is 30.1 Å². The van der Waals surface area contributed by atoms with Crippen LogP contribution in [0.2, 0.25) is 0 Å². The van der Waals surface area contributed by atoms with Crippen LogP contribution in [-0.2, 0) is 23.9 Å². The molecule has 12 nitrogen and oxygen atoms in total. The van der Waals surface area contributed by atoms with Crippen molar-refractivity contribution in [2.24, 2.45) is 9.81 Å². The molecular weight excluding hydrogens is 302 g/mol. The number of carbonyl (C=O) groups excluding carboxylic acids is 4. The molecule has 0 unspecified atom stereocenters. The number of nitrogens with zero attached hydrogens (tertiary/aromatic N) is 2. The van der Waals surface area contributed by atoms with Crippen molar-refractivity contribution in [3.05, 3.63) is 0 Å². The molecule has 0 saturated carbocycles. The fourth-order valence-corrected chi connectivity index (χ4v) is 0.427. The van der Waals surface area contributed by atoms with Crippen molar-refractivity contribution in [2.45, 2.75) is 6.92 Å². The molecule has 0 aliphatic carbocycles. The highest BCUT2D eigenvalue weighted by molar-refractivity contribution is 6.37. The fraction of sp³-hybridized carbons (Fsp3) is 0.500. The first-order valence-corrected chi connectivity index (χ1v) is 5.18. The summed E-state index contributed by atoms with van der Waals surface area (Å²) in [5, 5.41) is 18.6. The largest absolute Gasteiger partial charge is 0.460 e. The quantitative estimate of drug-likeness (QED) is 0.175. The summed E-state index contributed by atoms with van der Waals surface area (Å²) < 4.78 is 8.87. The van der Waals surface area contributed by atoms with Crippen LogP contribution >= 0.6 is 0 Å². The number of ether oxygens (including phenoxy) is 2. The van der Waals surface area contributed by atoms with Gasteiger partial charge in [-0.25, -0.2) is 24.2 Å². The number of carbonyl (C=O) groups is 2. The molecule has 0 aliphatic heterocycles. The highest BCUT2D eigenvalue weighted by Crippen LogP contribution is 1.74. The zero-order valence-electron chi connectivity index (χ0n) is 11.8. The number of isocyanates is 2. The molecule has 2 amide bonds. The molecule has 0 aromatic carbocycles. The maximum absolute atomic E-state index is 10.6. The summed E-state index contributed by atoms with van der Waals surface area (Å²) in [6.45, 7) is 0.443. The van der Waals surface area contributed by atoms with Gasteiger partial charge in [0, 0.05) is 14.0 Å². The molecule has 14 heteroatoms. The van der Waals surface area contributed by atoms with Crippen LogP contribution in [0, 0.1) is 0 Å². The Kier molecular flexibility index (Phi) is 26.3. The van der Waals surface area contributed by atoms with E-state index in [2.05, 4.69) is 29.7 Å². The van der Waals surface area contributed by atoms with E-state index in [-0.39, 0.29) is 12.7 Å². The Morgan fingerprint density at radius 3 is 2.05 bits per heavy atom. The van der Waals surface area contributed by atoms with E-state index >= 15 is 0 Å². The second kappa shape index (κ2) is 23.6. The highest BCUT2D eigenvalue weighted by atomic mass is 16.7. The van der Waals surface area contributed by atoms with Crippen molar-refractivity contribution in [1.29, 1.82) is 0 Å². The van der Waals surface area contributed by atoms with Crippen LogP contribution in [-0.4, -0.2) is 70.2 Å². The monoisotopic (exact) mass is 316 g/mol. The number of aliphatic hydroxyl groups excluding tert-OH is 1. The van der Waals surface area contributed by atoms with Crippen molar-refractivity contribution in [3.8, 4) is 0 Å². The lowest BCUT2D eigenvalue weighted by molar-refractivity contribution is -0.117. The summed E-state index contributed by atoms with van der Waals surface area (Å²) in [7, 11) is 3.24. The third kappa shape index (κ3) is 36.0. The van der Waals surface area contributed by atoms with Gasteiger partial charge in [0.2, 0.25) is 18.1 Å². The van der Waals surface area contributed by atoms with E-state index in [0.717, 1.165) is 27.3 Å². The fourth-order valence-electron chi connectivity index (χ4n) is 0.427. The van der Waals surface area contributed by atoms with Gasteiger partial charge in [0.1, 0.15) is 6.79 Å². The molecular formula is C8H14B2N4O8. The topological polar surface area (TPSA) is 176 Å². The number of amides is 2. The minimum Gasteiger partial charge on any atom is -0.423 e. The first-order chi connectivity index (χ1) is 10.5. The maximum Gasteiger partial charge on any atom is 0.460 e. The Morgan fingerprint density at radius 2 is 1.68 bits per heavy atom. The summed E-state index contributed by atoms with van der Waals surface area (Å²) in [6.07, 6.45) is 1.61. The van der Waals surface area contributed by atoms with Crippen molar-refractivity contribution >= 4 is 39.3 Å². The standard InChI is InChI=1S/C5H10BN2O4.C2BN2O2.CH4O2/c1-4(9)7-6-8-5(10)12-3-11-2;6-1-4-3-5-2-7;2-1-3/h3H2,1-2H3,(H,7,9)(H,8,10);;2-3H,1H2. The van der Waals surface area contributed by atoms with Gasteiger partial charge in [0.15, 0.2) is 6.79 Å². The lowest BCUT2D eigenvalue weighted by Gasteiger charge is -2.03. The molecule has 0 atom stereocenters. The summed E-state index contributed by atoms with van der Waals surface area (Å²) in [4.78, 5) is 44.8. The molecule has 0 bridgehead atoms. The zero-order chi connectivity index (χ0) is 17.6. The van der Waals surface area contributed by atoms with Crippen LogP contribution in [0.15, 0.2) is 9.81 Å². The third-order valence-electron chi connectivity index (χ3n) is 0.994. The van der Waals surface area contributed by atoms with Gasteiger partial charge in [-0.2, -0.15) is 0 Å². The van der Waals surface area contributed by atoms with Crippen LogP contribution in [0.25, 0.3) is 0 Å². The second-order valence-electron chi connectivity index (χ2n) is 2.53. The second-order valence-corrected chi connectivity index (χ2v) is 2.53. The van der Waals surface area contributed by atoms with Crippen molar-refractivity contribution in [2.75, 3.05) is 20.7 Å². The van der Waals surface area contributed by atoms with E-state index < -0.39 is 12.9 Å². The van der Waals surface area contributed by atoms with E-state index in [0.29, 0.717) is 0 Å². The average molecular weight is 316 g/mol. The first kappa shape index (κ1) is 24.5. The summed E-state index contributed by atoms with van der Waals surface area (Å²) in [5.41, 5.74) is 0. The summed E-state index contributed by atoms with van der Waals surface area (Å²) in [5.74, 6) is -0.276. The number of rotatable bonds is 6. The Morgan fingerprint density at radius 1 is 1.18 bits per heavy atom. The molecule has 2 radical (unpaired) electrons. The number of methoxy groups -OCH3 is 1. The van der Waals surface area contributed by atoms with E-state index in [1.807, 2.05) is 0 Å². The molecule has 0 spiro atoms. The van der Waals surface area contributed by atoms with E-state index in [1.54, 1.807) is 0 Å². The van der Waals surface area contributed by atoms with Gasteiger partial charge >= 0.3 is 21.2 Å². The molecule has 4 N–H and O–H groups in total. The van der Waals surface area contributed by atoms with Crippen LogP contribution in [0.3, 0.4) is 0 Å². The molecule has 0 aromatic rings. The molecule has 0 aliphatic rings. The van der Waals surface area contributed by atoms with Gasteiger partial charge in [-0.1, -0.05) is 0 Å². The number of hydrogen-bond donors (Lipinski definition) is 4. The van der Waals surface area contributed by atoms with Crippen LogP contribution in [0.4, 0.5) is 4.79 Å². The first-order valence-electron chi connectivity index (χ1n) is 5.18. The number of nitrogens with one attached hydrogen (secondary N) is 2. The SMILES string of the molecule is COCOC(=O)N[B]NC(C)=O.O=C=N[B]N=C=O.OCO. The Bertz CT molecular complexity index is 368. The minimum atomic E-state index is -0.750. The molecule has 0 rings (SSSR count). The van der Waals surface area contributed by atoms with Crippen LogP contribution in [0.1, 0.15) is 6.92 Å². The normalized spacial score (nSPS) is 7.09. The lowest BCUT2D eigenvalue weighted by atomic mass is 10.2. The number of aliphatic hydroxyl groups is 2.